The standard InChI is InChI=1S/C17H17Cl2N3O/c18-13-7-8-15(19)21-16(13)17(23)20-11-12-5-1-2-6-14(12)22-9-3-4-10-22/h1-2,5-8H,3-4,9-11H2,(H,20,23). The zero-order valence-corrected chi connectivity index (χ0v) is 14.1. The number of halogens is 2. The van der Waals surface area contributed by atoms with Crippen molar-refractivity contribution in [2.24, 2.45) is 0 Å². The maximum atomic E-state index is 12.3. The number of hydrogen-bond donors (Lipinski definition) is 1. The van der Waals surface area contributed by atoms with Crippen LogP contribution in [0, 0.1) is 0 Å². The molecule has 23 heavy (non-hydrogen) atoms. The van der Waals surface area contributed by atoms with E-state index >= 15 is 0 Å². The summed E-state index contributed by atoms with van der Waals surface area (Å²) in [6, 6.07) is 11.3. The number of carbonyl (C=O) groups excluding carboxylic acids is 1. The van der Waals surface area contributed by atoms with Gasteiger partial charge in [0, 0.05) is 25.3 Å². The molecule has 1 aliphatic rings. The zero-order chi connectivity index (χ0) is 16.2. The molecule has 0 saturated carbocycles. The van der Waals surface area contributed by atoms with Crippen LogP contribution in [0.2, 0.25) is 10.2 Å². The van der Waals surface area contributed by atoms with Crippen molar-refractivity contribution in [2.45, 2.75) is 19.4 Å². The van der Waals surface area contributed by atoms with Crippen molar-refractivity contribution in [3.8, 4) is 0 Å². The highest BCUT2D eigenvalue weighted by Crippen LogP contribution is 2.24. The molecule has 1 aromatic carbocycles. The zero-order valence-electron chi connectivity index (χ0n) is 12.6. The molecule has 1 aromatic heterocycles. The molecule has 1 N–H and O–H groups in total. The highest BCUT2D eigenvalue weighted by atomic mass is 35.5. The van der Waals surface area contributed by atoms with E-state index in [1.807, 2.05) is 18.2 Å². The number of carbonyl (C=O) groups is 1. The lowest BCUT2D eigenvalue weighted by molar-refractivity contribution is 0.0946. The van der Waals surface area contributed by atoms with E-state index in [0.29, 0.717) is 11.6 Å². The highest BCUT2D eigenvalue weighted by molar-refractivity contribution is 6.34. The smallest absolute Gasteiger partial charge is 0.271 e. The van der Waals surface area contributed by atoms with Gasteiger partial charge in [-0.25, -0.2) is 4.98 Å². The van der Waals surface area contributed by atoms with Crippen LogP contribution in [-0.4, -0.2) is 24.0 Å². The van der Waals surface area contributed by atoms with Crippen molar-refractivity contribution in [3.05, 3.63) is 57.8 Å². The minimum atomic E-state index is -0.325. The largest absolute Gasteiger partial charge is 0.371 e. The Morgan fingerprint density at radius 3 is 2.65 bits per heavy atom. The molecule has 3 rings (SSSR count). The number of para-hydroxylation sites is 1. The van der Waals surface area contributed by atoms with E-state index in [1.165, 1.54) is 18.5 Å². The summed E-state index contributed by atoms with van der Waals surface area (Å²) in [6.45, 7) is 2.55. The normalized spacial score (nSPS) is 14.1. The van der Waals surface area contributed by atoms with Gasteiger partial charge >= 0.3 is 0 Å². The Hall–Kier alpha value is -1.78. The molecule has 120 valence electrons. The number of nitrogens with zero attached hydrogens (tertiary/aromatic N) is 2. The summed E-state index contributed by atoms with van der Waals surface area (Å²) in [7, 11) is 0. The third-order valence-corrected chi connectivity index (χ3v) is 4.42. The summed E-state index contributed by atoms with van der Waals surface area (Å²) < 4.78 is 0. The molecule has 1 saturated heterocycles. The summed E-state index contributed by atoms with van der Waals surface area (Å²) in [5.41, 5.74) is 2.41. The summed E-state index contributed by atoms with van der Waals surface area (Å²) in [6.07, 6.45) is 2.42. The Bertz CT molecular complexity index is 715. The monoisotopic (exact) mass is 349 g/mol. The second kappa shape index (κ2) is 7.20. The van der Waals surface area contributed by atoms with Crippen LogP contribution in [0.5, 0.6) is 0 Å². The minimum absolute atomic E-state index is 0.151. The molecular weight excluding hydrogens is 333 g/mol. The van der Waals surface area contributed by atoms with Crippen molar-refractivity contribution in [2.75, 3.05) is 18.0 Å². The fourth-order valence-electron chi connectivity index (χ4n) is 2.76. The van der Waals surface area contributed by atoms with Crippen LogP contribution in [0.1, 0.15) is 28.9 Å². The Morgan fingerprint density at radius 2 is 1.87 bits per heavy atom. The topological polar surface area (TPSA) is 45.2 Å². The van der Waals surface area contributed by atoms with Crippen LogP contribution < -0.4 is 10.2 Å². The summed E-state index contributed by atoms with van der Waals surface area (Å²) in [5, 5.41) is 3.41. The Kier molecular flexibility index (Phi) is 5.03. The van der Waals surface area contributed by atoms with Gasteiger partial charge in [0.05, 0.1) is 5.02 Å². The predicted molar refractivity (Wildman–Crippen MR) is 93.3 cm³/mol. The molecule has 1 aliphatic heterocycles. The molecule has 0 spiro atoms. The van der Waals surface area contributed by atoms with E-state index in [0.717, 1.165) is 18.7 Å². The third-order valence-electron chi connectivity index (χ3n) is 3.90. The van der Waals surface area contributed by atoms with Gasteiger partial charge in [0.15, 0.2) is 0 Å². The fourth-order valence-corrected chi connectivity index (χ4v) is 3.10. The lowest BCUT2D eigenvalue weighted by Gasteiger charge is -2.21. The first-order valence-electron chi connectivity index (χ1n) is 7.58. The molecule has 2 heterocycles. The quantitative estimate of drug-likeness (QED) is 0.850. The van der Waals surface area contributed by atoms with Gasteiger partial charge < -0.3 is 10.2 Å². The van der Waals surface area contributed by atoms with Crippen molar-refractivity contribution in [1.82, 2.24) is 10.3 Å². The lowest BCUT2D eigenvalue weighted by atomic mass is 10.1. The first kappa shape index (κ1) is 16.1. The van der Waals surface area contributed by atoms with E-state index < -0.39 is 0 Å². The van der Waals surface area contributed by atoms with Crippen LogP contribution in [0.3, 0.4) is 0 Å². The van der Waals surface area contributed by atoms with Gasteiger partial charge in [-0.15, -0.1) is 0 Å². The van der Waals surface area contributed by atoms with Gasteiger partial charge in [-0.05, 0) is 36.6 Å². The lowest BCUT2D eigenvalue weighted by Crippen LogP contribution is -2.26. The van der Waals surface area contributed by atoms with Gasteiger partial charge in [-0.2, -0.15) is 0 Å². The molecule has 1 amide bonds. The van der Waals surface area contributed by atoms with E-state index in [4.69, 9.17) is 23.2 Å². The van der Waals surface area contributed by atoms with Crippen LogP contribution in [0.25, 0.3) is 0 Å². The Labute approximate surface area is 145 Å². The average Bonchev–Trinajstić information content (AvgIpc) is 3.09. The van der Waals surface area contributed by atoms with E-state index in [1.54, 1.807) is 12.1 Å². The molecule has 0 unspecified atom stereocenters. The summed E-state index contributed by atoms with van der Waals surface area (Å²) in [5.74, 6) is -0.325. The minimum Gasteiger partial charge on any atom is -0.371 e. The van der Waals surface area contributed by atoms with Crippen LogP contribution in [0.4, 0.5) is 5.69 Å². The van der Waals surface area contributed by atoms with Crippen LogP contribution in [0.15, 0.2) is 36.4 Å². The number of hydrogen-bond acceptors (Lipinski definition) is 3. The first-order valence-corrected chi connectivity index (χ1v) is 8.34. The Morgan fingerprint density at radius 1 is 1.13 bits per heavy atom. The number of pyridine rings is 1. The molecule has 2 aromatic rings. The van der Waals surface area contributed by atoms with Gasteiger partial charge in [-0.3, -0.25) is 4.79 Å². The molecule has 6 heteroatoms. The summed E-state index contributed by atoms with van der Waals surface area (Å²) in [4.78, 5) is 18.6. The first-order chi connectivity index (χ1) is 11.1. The van der Waals surface area contributed by atoms with E-state index in [9.17, 15) is 4.79 Å². The van der Waals surface area contributed by atoms with E-state index in [-0.39, 0.29) is 16.8 Å². The Balaban J connectivity index is 1.73. The third kappa shape index (κ3) is 3.77. The predicted octanol–water partition coefficient (Wildman–Crippen LogP) is 3.92. The second-order valence-electron chi connectivity index (χ2n) is 5.47. The molecule has 0 bridgehead atoms. The van der Waals surface area contributed by atoms with Gasteiger partial charge in [0.25, 0.3) is 5.91 Å². The number of benzene rings is 1. The van der Waals surface area contributed by atoms with Crippen molar-refractivity contribution in [3.63, 3.8) is 0 Å². The number of amides is 1. The number of rotatable bonds is 4. The number of nitrogens with one attached hydrogen (secondary N) is 1. The summed E-state index contributed by atoms with van der Waals surface area (Å²) >= 11 is 11.9. The maximum Gasteiger partial charge on any atom is 0.271 e. The van der Waals surface area contributed by atoms with Gasteiger partial charge in [0.1, 0.15) is 10.8 Å². The second-order valence-corrected chi connectivity index (χ2v) is 6.26. The maximum absolute atomic E-state index is 12.3. The molecule has 4 nitrogen and oxygen atoms in total. The SMILES string of the molecule is O=C(NCc1ccccc1N1CCCC1)c1nc(Cl)ccc1Cl. The molecular formula is C17H17Cl2N3O. The van der Waals surface area contributed by atoms with Crippen LogP contribution >= 0.6 is 23.2 Å². The molecule has 0 aliphatic carbocycles. The fraction of sp³-hybridized carbons (Fsp3) is 0.294. The van der Waals surface area contributed by atoms with Crippen molar-refractivity contribution in [1.29, 1.82) is 0 Å². The van der Waals surface area contributed by atoms with Crippen LogP contribution in [-0.2, 0) is 6.54 Å². The molecule has 0 radical (unpaired) electrons. The highest BCUT2D eigenvalue weighted by Gasteiger charge is 2.17. The van der Waals surface area contributed by atoms with Gasteiger partial charge in [-0.1, -0.05) is 41.4 Å². The molecule has 1 fully saturated rings. The van der Waals surface area contributed by atoms with E-state index in [2.05, 4.69) is 21.3 Å². The van der Waals surface area contributed by atoms with Crippen molar-refractivity contribution >= 4 is 34.8 Å². The molecule has 0 atom stereocenters. The van der Waals surface area contributed by atoms with Crippen molar-refractivity contribution < 1.29 is 4.79 Å². The number of aromatic nitrogens is 1. The number of anilines is 1. The average molecular weight is 350 g/mol. The van der Waals surface area contributed by atoms with Gasteiger partial charge in [0.2, 0.25) is 0 Å².